The van der Waals surface area contributed by atoms with Crippen LogP contribution >= 0.6 is 11.6 Å². The van der Waals surface area contributed by atoms with Gasteiger partial charge < -0.3 is 10.1 Å². The molecule has 0 aliphatic rings. The van der Waals surface area contributed by atoms with Crippen molar-refractivity contribution in [3.8, 4) is 5.75 Å². The van der Waals surface area contributed by atoms with Crippen molar-refractivity contribution in [1.29, 1.82) is 0 Å². The van der Waals surface area contributed by atoms with Gasteiger partial charge in [-0.2, -0.15) is 8.78 Å². The van der Waals surface area contributed by atoms with E-state index in [0.29, 0.717) is 28.6 Å². The maximum absolute atomic E-state index is 12.4. The van der Waals surface area contributed by atoms with Gasteiger partial charge in [0.15, 0.2) is 0 Å². The van der Waals surface area contributed by atoms with Crippen LogP contribution in [0.3, 0.4) is 0 Å². The zero-order valence-corrected chi connectivity index (χ0v) is 11.4. The quantitative estimate of drug-likeness (QED) is 0.847. The number of benzene rings is 1. The maximum atomic E-state index is 12.4. The minimum Gasteiger partial charge on any atom is -0.433 e. The summed E-state index contributed by atoms with van der Waals surface area (Å²) in [4.78, 5) is 7.96. The zero-order valence-electron chi connectivity index (χ0n) is 10.6. The van der Waals surface area contributed by atoms with Crippen LogP contribution in [0.2, 0.25) is 5.15 Å². The predicted octanol–water partition coefficient (Wildman–Crippen LogP) is 4.04. The minimum atomic E-state index is -2.89. The molecule has 4 nitrogen and oxygen atoms in total. The number of nitrogens with zero attached hydrogens (tertiary/aromatic N) is 2. The first-order valence-corrected chi connectivity index (χ1v) is 6.29. The molecule has 0 unspecified atom stereocenters. The highest BCUT2D eigenvalue weighted by Crippen LogP contribution is 2.30. The molecule has 0 aliphatic heterocycles. The predicted molar refractivity (Wildman–Crippen MR) is 72.8 cm³/mol. The summed E-state index contributed by atoms with van der Waals surface area (Å²) in [6, 6.07) is 6.38. The van der Waals surface area contributed by atoms with Crippen LogP contribution in [0.5, 0.6) is 5.75 Å². The smallest absolute Gasteiger partial charge is 0.387 e. The Balaban J connectivity index is 2.33. The lowest BCUT2D eigenvalue weighted by molar-refractivity contribution is -0.0493. The molecule has 2 aromatic rings. The highest BCUT2D eigenvalue weighted by molar-refractivity contribution is 6.30. The fraction of sp³-hybridized carbons (Fsp3) is 0.231. The Morgan fingerprint density at radius 2 is 2.05 bits per heavy atom. The first kappa shape index (κ1) is 14.5. The topological polar surface area (TPSA) is 47.0 Å². The number of halogens is 3. The summed E-state index contributed by atoms with van der Waals surface area (Å²) in [5.74, 6) is 0.511. The first-order chi connectivity index (χ1) is 9.61. The van der Waals surface area contributed by atoms with Gasteiger partial charge in [-0.15, -0.1) is 0 Å². The average Bonchev–Trinajstić information content (AvgIpc) is 2.41. The lowest BCUT2D eigenvalue weighted by Gasteiger charge is -2.14. The number of hydrogen-bond donors (Lipinski definition) is 1. The van der Waals surface area contributed by atoms with Crippen molar-refractivity contribution in [3.05, 3.63) is 41.3 Å². The van der Waals surface area contributed by atoms with Crippen molar-refractivity contribution in [2.24, 2.45) is 0 Å². The van der Waals surface area contributed by atoms with Gasteiger partial charge in [-0.3, -0.25) is 0 Å². The van der Waals surface area contributed by atoms with Crippen molar-refractivity contribution in [1.82, 2.24) is 9.97 Å². The first-order valence-electron chi connectivity index (χ1n) is 5.92. The number of nitrogens with one attached hydrogen (secondary N) is 1. The zero-order chi connectivity index (χ0) is 14.5. The van der Waals surface area contributed by atoms with Gasteiger partial charge in [0.05, 0.1) is 5.69 Å². The molecule has 0 amide bonds. The normalized spacial score (nSPS) is 10.7. The Labute approximate surface area is 119 Å². The van der Waals surface area contributed by atoms with Crippen LogP contribution in [-0.2, 0) is 6.42 Å². The summed E-state index contributed by atoms with van der Waals surface area (Å²) in [7, 11) is 0. The molecular formula is C13H12ClF2N3O. The van der Waals surface area contributed by atoms with Crippen LogP contribution in [0.4, 0.5) is 20.3 Å². The molecule has 0 saturated carbocycles. The monoisotopic (exact) mass is 299 g/mol. The van der Waals surface area contributed by atoms with Crippen LogP contribution in [0, 0.1) is 0 Å². The highest BCUT2D eigenvalue weighted by atomic mass is 35.5. The molecule has 0 fully saturated rings. The largest absolute Gasteiger partial charge is 0.433 e. The van der Waals surface area contributed by atoms with Crippen LogP contribution in [-0.4, -0.2) is 16.6 Å². The van der Waals surface area contributed by atoms with Gasteiger partial charge in [0, 0.05) is 5.56 Å². The molecule has 2 rings (SSSR count). The molecule has 7 heteroatoms. The van der Waals surface area contributed by atoms with E-state index >= 15 is 0 Å². The van der Waals surface area contributed by atoms with E-state index in [0.717, 1.165) is 0 Å². The number of rotatable bonds is 5. The van der Waals surface area contributed by atoms with Gasteiger partial charge in [0.25, 0.3) is 0 Å². The number of ether oxygens (including phenoxy) is 1. The summed E-state index contributed by atoms with van der Waals surface area (Å²) in [6.07, 6.45) is 1.92. The Bertz CT molecular complexity index is 596. The second kappa shape index (κ2) is 6.47. The second-order valence-corrected chi connectivity index (χ2v) is 4.20. The van der Waals surface area contributed by atoms with Gasteiger partial charge in [-0.1, -0.05) is 30.7 Å². The van der Waals surface area contributed by atoms with Crippen LogP contribution < -0.4 is 10.1 Å². The van der Waals surface area contributed by atoms with Crippen molar-refractivity contribution in [2.45, 2.75) is 20.0 Å². The Hall–Kier alpha value is -1.95. The molecule has 1 aromatic carbocycles. The summed E-state index contributed by atoms with van der Waals surface area (Å²) >= 11 is 5.98. The second-order valence-electron chi connectivity index (χ2n) is 3.84. The number of alkyl halides is 2. The molecule has 0 saturated heterocycles. The number of para-hydroxylation sites is 2. The lowest BCUT2D eigenvalue weighted by atomic mass is 10.2. The van der Waals surface area contributed by atoms with Gasteiger partial charge in [-0.05, 0) is 18.6 Å². The van der Waals surface area contributed by atoms with Crippen LogP contribution in [0.1, 0.15) is 12.5 Å². The fourth-order valence-corrected chi connectivity index (χ4v) is 1.97. The van der Waals surface area contributed by atoms with Crippen LogP contribution in [0.15, 0.2) is 30.6 Å². The third-order valence-corrected chi connectivity index (χ3v) is 2.93. The summed E-state index contributed by atoms with van der Waals surface area (Å²) in [6.45, 7) is -0.991. The van der Waals surface area contributed by atoms with E-state index in [4.69, 9.17) is 11.6 Å². The lowest BCUT2D eigenvalue weighted by Crippen LogP contribution is -2.06. The molecule has 106 valence electrons. The van der Waals surface area contributed by atoms with Gasteiger partial charge in [0.2, 0.25) is 0 Å². The Morgan fingerprint density at radius 1 is 1.30 bits per heavy atom. The standard InChI is InChI=1S/C13H12ClF2N3O/c1-2-8-11(14)17-7-18-12(8)19-9-5-3-4-6-10(9)20-13(15)16/h3-7,13H,2H2,1H3,(H,17,18,19). The van der Waals surface area contributed by atoms with Crippen LogP contribution in [0.25, 0.3) is 0 Å². The molecule has 0 bridgehead atoms. The highest BCUT2D eigenvalue weighted by Gasteiger charge is 2.12. The van der Waals surface area contributed by atoms with E-state index in [-0.39, 0.29) is 5.75 Å². The third-order valence-electron chi connectivity index (χ3n) is 2.60. The summed E-state index contributed by atoms with van der Waals surface area (Å²) in [5.41, 5.74) is 1.10. The van der Waals surface area contributed by atoms with Crippen molar-refractivity contribution in [3.63, 3.8) is 0 Å². The van der Waals surface area contributed by atoms with E-state index in [1.54, 1.807) is 18.2 Å². The van der Waals surface area contributed by atoms with Crippen molar-refractivity contribution < 1.29 is 13.5 Å². The summed E-state index contributed by atoms with van der Waals surface area (Å²) in [5, 5.41) is 3.28. The third kappa shape index (κ3) is 3.33. The molecule has 0 spiro atoms. The average molecular weight is 300 g/mol. The number of anilines is 2. The van der Waals surface area contributed by atoms with E-state index in [1.165, 1.54) is 12.4 Å². The fourth-order valence-electron chi connectivity index (χ4n) is 1.71. The van der Waals surface area contributed by atoms with E-state index in [2.05, 4.69) is 20.0 Å². The molecule has 0 aliphatic carbocycles. The Morgan fingerprint density at radius 3 is 2.75 bits per heavy atom. The molecule has 1 heterocycles. The molecule has 0 radical (unpaired) electrons. The van der Waals surface area contributed by atoms with E-state index in [9.17, 15) is 8.78 Å². The van der Waals surface area contributed by atoms with E-state index < -0.39 is 6.61 Å². The van der Waals surface area contributed by atoms with Crippen molar-refractivity contribution >= 4 is 23.1 Å². The molecule has 1 N–H and O–H groups in total. The number of aromatic nitrogens is 2. The van der Waals surface area contributed by atoms with Gasteiger partial charge in [0.1, 0.15) is 23.0 Å². The SMILES string of the molecule is CCc1c(Cl)ncnc1Nc1ccccc1OC(F)F. The minimum absolute atomic E-state index is 0.0410. The molecule has 20 heavy (non-hydrogen) atoms. The molecular weight excluding hydrogens is 288 g/mol. The summed E-state index contributed by atoms with van der Waals surface area (Å²) < 4.78 is 29.2. The van der Waals surface area contributed by atoms with E-state index in [1.807, 2.05) is 6.92 Å². The maximum Gasteiger partial charge on any atom is 0.387 e. The number of hydrogen-bond acceptors (Lipinski definition) is 4. The Kier molecular flexibility index (Phi) is 4.68. The van der Waals surface area contributed by atoms with Gasteiger partial charge >= 0.3 is 6.61 Å². The molecule has 0 atom stereocenters. The van der Waals surface area contributed by atoms with Crippen molar-refractivity contribution in [2.75, 3.05) is 5.32 Å². The molecule has 1 aromatic heterocycles. The van der Waals surface area contributed by atoms with Gasteiger partial charge in [-0.25, -0.2) is 9.97 Å².